The third kappa shape index (κ3) is 4.00. The van der Waals surface area contributed by atoms with Gasteiger partial charge in [0.05, 0.1) is 22.6 Å². The minimum atomic E-state index is -1.37. The van der Waals surface area contributed by atoms with Crippen molar-refractivity contribution < 1.29 is 19.0 Å². The Hall–Kier alpha value is -3.55. The van der Waals surface area contributed by atoms with E-state index in [1.165, 1.54) is 30.2 Å². The van der Waals surface area contributed by atoms with Gasteiger partial charge in [0.15, 0.2) is 11.6 Å². The number of unbranched alkanes of at least 4 members (excludes halogenated alkanes) is 1. The average molecular weight is 480 g/mol. The molecule has 0 amide bonds. The molecule has 0 saturated carbocycles. The van der Waals surface area contributed by atoms with Crippen molar-refractivity contribution >= 4 is 28.2 Å². The first-order chi connectivity index (χ1) is 16.9. The van der Waals surface area contributed by atoms with E-state index >= 15 is 4.39 Å². The molecule has 2 atom stereocenters. The van der Waals surface area contributed by atoms with Crippen molar-refractivity contribution in [1.82, 2.24) is 4.57 Å². The van der Waals surface area contributed by atoms with E-state index in [1.807, 2.05) is 6.92 Å². The maximum atomic E-state index is 15.3. The van der Waals surface area contributed by atoms with Crippen molar-refractivity contribution in [2.24, 2.45) is 0 Å². The third-order valence-corrected chi connectivity index (χ3v) is 7.35. The van der Waals surface area contributed by atoms with Gasteiger partial charge in [-0.05, 0) is 56.1 Å². The fourth-order valence-electron chi connectivity index (χ4n) is 5.54. The van der Waals surface area contributed by atoms with E-state index in [4.69, 9.17) is 10.5 Å². The largest absolute Gasteiger partial charge is 0.487 e. The van der Waals surface area contributed by atoms with E-state index in [1.54, 1.807) is 4.57 Å². The van der Waals surface area contributed by atoms with Crippen molar-refractivity contribution in [1.29, 1.82) is 0 Å². The molecular formula is C27H30FN3O4. The van der Waals surface area contributed by atoms with Crippen LogP contribution in [0, 0.1) is 5.82 Å². The second-order valence-corrected chi connectivity index (χ2v) is 9.61. The average Bonchev–Trinajstić information content (AvgIpc) is 2.85. The monoisotopic (exact) mass is 479 g/mol. The summed E-state index contributed by atoms with van der Waals surface area (Å²) in [6.07, 6.45) is 7.79. The highest BCUT2D eigenvalue weighted by atomic mass is 19.1. The standard InChI is InChI=1S/C27H30FN3O4/c1-15-14-35-26-23(21(28)22(29)20-24(26)31(15)13-19(25(20)32)27(33)34)30-12-5-4-8-17-10-6-9-16-7-2-3-11-18(16)17/h2-3,7,11,13,15,17,30H,4-6,8-10,12,14,29H2,1H3,(H,33,34)/t15-,17?/m0/s1. The number of fused-ring (bicyclic) bond motifs is 1. The molecule has 35 heavy (non-hydrogen) atoms. The number of aromatic carboxylic acids is 1. The predicted molar refractivity (Wildman–Crippen MR) is 134 cm³/mol. The van der Waals surface area contributed by atoms with Crippen LogP contribution in [0.4, 0.5) is 15.8 Å². The van der Waals surface area contributed by atoms with Gasteiger partial charge >= 0.3 is 5.97 Å². The number of nitrogens with zero attached hydrogens (tertiary/aromatic N) is 1. The number of carbonyl (C=O) groups is 1. The lowest BCUT2D eigenvalue weighted by molar-refractivity contribution is 0.0694. The van der Waals surface area contributed by atoms with Gasteiger partial charge in [-0.1, -0.05) is 30.7 Å². The zero-order chi connectivity index (χ0) is 24.7. The number of aromatic nitrogens is 1. The minimum absolute atomic E-state index is 0.126. The highest BCUT2D eigenvalue weighted by Crippen LogP contribution is 2.43. The molecule has 2 aliphatic rings. The summed E-state index contributed by atoms with van der Waals surface area (Å²) in [6, 6.07) is 8.44. The molecule has 0 fully saturated rings. The Morgan fingerprint density at radius 3 is 2.91 bits per heavy atom. The fourth-order valence-corrected chi connectivity index (χ4v) is 5.54. The third-order valence-electron chi connectivity index (χ3n) is 7.35. The van der Waals surface area contributed by atoms with Gasteiger partial charge in [0.1, 0.15) is 17.9 Å². The van der Waals surface area contributed by atoms with Crippen LogP contribution in [0.25, 0.3) is 10.9 Å². The summed E-state index contributed by atoms with van der Waals surface area (Å²) in [6.45, 7) is 2.59. The molecule has 1 aliphatic carbocycles. The van der Waals surface area contributed by atoms with Crippen molar-refractivity contribution in [2.75, 3.05) is 24.2 Å². The van der Waals surface area contributed by atoms with Gasteiger partial charge in [0.25, 0.3) is 0 Å². The number of carboxylic acid groups (broad SMARTS) is 1. The molecule has 2 heterocycles. The number of aryl methyl sites for hydroxylation is 1. The number of hydrogen-bond donors (Lipinski definition) is 3. The summed E-state index contributed by atoms with van der Waals surface area (Å²) < 4.78 is 22.9. The fraction of sp³-hybridized carbons (Fsp3) is 0.407. The highest BCUT2D eigenvalue weighted by Gasteiger charge is 2.30. The lowest BCUT2D eigenvalue weighted by Crippen LogP contribution is -2.28. The van der Waals surface area contributed by atoms with Crippen molar-refractivity contribution in [3.63, 3.8) is 0 Å². The van der Waals surface area contributed by atoms with Crippen LogP contribution in [0.15, 0.2) is 35.3 Å². The van der Waals surface area contributed by atoms with Crippen LogP contribution in [-0.4, -0.2) is 28.8 Å². The summed E-state index contributed by atoms with van der Waals surface area (Å²) in [5.74, 6) is -1.38. The van der Waals surface area contributed by atoms with Gasteiger partial charge in [-0.2, -0.15) is 0 Å². The molecule has 0 spiro atoms. The number of rotatable bonds is 7. The molecule has 2 aromatic carbocycles. The summed E-state index contributed by atoms with van der Waals surface area (Å²) in [5, 5.41) is 12.5. The van der Waals surface area contributed by atoms with Crippen LogP contribution in [0.3, 0.4) is 0 Å². The van der Waals surface area contributed by atoms with E-state index in [2.05, 4.69) is 29.6 Å². The first kappa shape index (κ1) is 23.2. The van der Waals surface area contributed by atoms with Gasteiger partial charge in [0.2, 0.25) is 5.43 Å². The Kier molecular flexibility index (Phi) is 6.13. The number of nitrogen functional groups attached to an aromatic ring is 1. The van der Waals surface area contributed by atoms with Crippen molar-refractivity contribution in [3.8, 4) is 5.75 Å². The number of pyridine rings is 1. The number of carboxylic acids is 1. The molecule has 3 aromatic rings. The molecule has 7 nitrogen and oxygen atoms in total. The zero-order valence-electron chi connectivity index (χ0n) is 19.8. The molecule has 1 aromatic heterocycles. The summed E-state index contributed by atoms with van der Waals surface area (Å²) in [5.41, 5.74) is 7.83. The first-order valence-corrected chi connectivity index (χ1v) is 12.3. The summed E-state index contributed by atoms with van der Waals surface area (Å²) in [7, 11) is 0. The topological polar surface area (TPSA) is 107 Å². The molecule has 1 aliphatic heterocycles. The van der Waals surface area contributed by atoms with Gasteiger partial charge < -0.3 is 25.5 Å². The number of nitrogens with one attached hydrogen (secondary N) is 1. The van der Waals surface area contributed by atoms with Crippen LogP contribution in [0.5, 0.6) is 5.75 Å². The molecule has 1 unspecified atom stereocenters. The molecule has 184 valence electrons. The lowest BCUT2D eigenvalue weighted by Gasteiger charge is -2.29. The molecular weight excluding hydrogens is 449 g/mol. The van der Waals surface area contributed by atoms with Crippen LogP contribution >= 0.6 is 0 Å². The van der Waals surface area contributed by atoms with Crippen molar-refractivity contribution in [3.05, 3.63) is 63.2 Å². The Balaban J connectivity index is 1.36. The second-order valence-electron chi connectivity index (χ2n) is 9.61. The van der Waals surface area contributed by atoms with Crippen LogP contribution in [-0.2, 0) is 6.42 Å². The summed E-state index contributed by atoms with van der Waals surface area (Å²) >= 11 is 0. The Morgan fingerprint density at radius 2 is 2.11 bits per heavy atom. The number of halogens is 1. The molecule has 0 radical (unpaired) electrons. The van der Waals surface area contributed by atoms with Crippen LogP contribution in [0.1, 0.15) is 72.5 Å². The van der Waals surface area contributed by atoms with E-state index < -0.39 is 22.8 Å². The minimum Gasteiger partial charge on any atom is -0.487 e. The van der Waals surface area contributed by atoms with E-state index in [-0.39, 0.29) is 35.2 Å². The van der Waals surface area contributed by atoms with E-state index in [0.29, 0.717) is 18.0 Å². The molecule has 5 rings (SSSR count). The van der Waals surface area contributed by atoms with E-state index in [0.717, 1.165) is 25.7 Å². The zero-order valence-corrected chi connectivity index (χ0v) is 19.8. The lowest BCUT2D eigenvalue weighted by atomic mass is 9.80. The Bertz CT molecular complexity index is 1370. The predicted octanol–water partition coefficient (Wildman–Crippen LogP) is 5.08. The van der Waals surface area contributed by atoms with Crippen LogP contribution in [0.2, 0.25) is 0 Å². The number of benzene rings is 2. The number of hydrogen-bond acceptors (Lipinski definition) is 5. The van der Waals surface area contributed by atoms with Crippen molar-refractivity contribution in [2.45, 2.75) is 57.4 Å². The molecule has 0 saturated heterocycles. The number of ether oxygens (including phenoxy) is 1. The normalized spacial score (nSPS) is 18.7. The number of nitrogens with two attached hydrogens (primary N) is 1. The smallest absolute Gasteiger partial charge is 0.341 e. The second kappa shape index (κ2) is 9.24. The molecule has 0 bridgehead atoms. The SMILES string of the molecule is C[C@H]1COc2c(NCCCCC3CCCc4ccccc43)c(F)c(N)c3c(=O)c(C(=O)O)cn1c23. The van der Waals surface area contributed by atoms with Gasteiger partial charge in [-0.25, -0.2) is 9.18 Å². The highest BCUT2D eigenvalue weighted by molar-refractivity contribution is 6.03. The maximum absolute atomic E-state index is 15.3. The molecule has 8 heteroatoms. The van der Waals surface area contributed by atoms with Gasteiger partial charge in [0, 0.05) is 12.7 Å². The quantitative estimate of drug-likeness (QED) is 0.322. The van der Waals surface area contributed by atoms with Gasteiger partial charge in [-0.3, -0.25) is 4.79 Å². The Morgan fingerprint density at radius 1 is 1.31 bits per heavy atom. The Labute approximate surface area is 202 Å². The molecule has 4 N–H and O–H groups in total. The van der Waals surface area contributed by atoms with E-state index in [9.17, 15) is 14.7 Å². The van der Waals surface area contributed by atoms with Gasteiger partial charge in [-0.15, -0.1) is 0 Å². The summed E-state index contributed by atoms with van der Waals surface area (Å²) in [4.78, 5) is 24.4. The van der Waals surface area contributed by atoms with Crippen LogP contribution < -0.4 is 21.2 Å². The maximum Gasteiger partial charge on any atom is 0.341 e. The number of anilines is 2. The first-order valence-electron chi connectivity index (χ1n) is 12.3.